The third-order valence-electron chi connectivity index (χ3n) is 3.80. The Balaban J connectivity index is 2.92. The van der Waals surface area contributed by atoms with Crippen molar-refractivity contribution in [2.45, 2.75) is 33.2 Å². The first kappa shape index (κ1) is 15.5. The van der Waals surface area contributed by atoms with Crippen molar-refractivity contribution in [3.05, 3.63) is 24.3 Å². The van der Waals surface area contributed by atoms with Crippen LogP contribution in [0.2, 0.25) is 0 Å². The van der Waals surface area contributed by atoms with Gasteiger partial charge in [0.1, 0.15) is 0 Å². The fourth-order valence-electron chi connectivity index (χ4n) is 1.44. The fourth-order valence-corrected chi connectivity index (χ4v) is 1.44. The predicted molar refractivity (Wildman–Crippen MR) is 81.4 cm³/mol. The van der Waals surface area contributed by atoms with Gasteiger partial charge in [0.05, 0.1) is 5.41 Å². The molecule has 3 N–H and O–H groups in total. The number of nitrogens with zero attached hydrogens (tertiary/aromatic N) is 1. The maximum absolute atomic E-state index is 12.4. The van der Waals surface area contributed by atoms with Gasteiger partial charge in [-0.25, -0.2) is 0 Å². The van der Waals surface area contributed by atoms with Crippen LogP contribution in [0.1, 0.15) is 27.7 Å². The molecule has 0 bridgehead atoms. The van der Waals surface area contributed by atoms with Gasteiger partial charge >= 0.3 is 0 Å². The number of hydrogen-bond donors (Lipinski definition) is 2. The van der Waals surface area contributed by atoms with Gasteiger partial charge in [-0.1, -0.05) is 6.07 Å². The SMILES string of the molecule is CN(C)c1cccc(NC(=O)C(C)(C)C(C)(C)N)c1. The number of nitrogens with one attached hydrogen (secondary N) is 1. The molecule has 0 atom stereocenters. The van der Waals surface area contributed by atoms with E-state index in [2.05, 4.69) is 5.32 Å². The average Bonchev–Trinajstić information content (AvgIpc) is 2.27. The van der Waals surface area contributed by atoms with Crippen molar-refractivity contribution in [2.24, 2.45) is 11.1 Å². The van der Waals surface area contributed by atoms with Gasteiger partial charge in [0, 0.05) is 31.0 Å². The molecular formula is C15H25N3O. The van der Waals surface area contributed by atoms with E-state index in [9.17, 15) is 4.79 Å². The van der Waals surface area contributed by atoms with E-state index in [1.54, 1.807) is 0 Å². The van der Waals surface area contributed by atoms with E-state index < -0.39 is 11.0 Å². The lowest BCUT2D eigenvalue weighted by Crippen LogP contribution is -2.53. The molecular weight excluding hydrogens is 238 g/mol. The zero-order chi connectivity index (χ0) is 14.8. The van der Waals surface area contributed by atoms with Gasteiger partial charge in [0.2, 0.25) is 5.91 Å². The molecule has 19 heavy (non-hydrogen) atoms. The van der Waals surface area contributed by atoms with Crippen LogP contribution in [0, 0.1) is 5.41 Å². The molecule has 1 rings (SSSR count). The van der Waals surface area contributed by atoms with E-state index in [1.807, 2.05) is 71.0 Å². The Bertz CT molecular complexity index is 459. The molecule has 0 aliphatic heterocycles. The Morgan fingerprint density at radius 1 is 1.21 bits per heavy atom. The summed E-state index contributed by atoms with van der Waals surface area (Å²) in [7, 11) is 3.93. The zero-order valence-corrected chi connectivity index (χ0v) is 12.7. The van der Waals surface area contributed by atoms with Crippen molar-refractivity contribution >= 4 is 17.3 Å². The lowest BCUT2D eigenvalue weighted by molar-refractivity contribution is -0.126. The molecule has 0 fully saturated rings. The number of benzene rings is 1. The highest BCUT2D eigenvalue weighted by atomic mass is 16.2. The highest BCUT2D eigenvalue weighted by Crippen LogP contribution is 2.30. The van der Waals surface area contributed by atoms with Crippen molar-refractivity contribution in [3.63, 3.8) is 0 Å². The van der Waals surface area contributed by atoms with Crippen LogP contribution in [0.3, 0.4) is 0 Å². The second-order valence-corrected chi connectivity index (χ2v) is 6.25. The van der Waals surface area contributed by atoms with Gasteiger partial charge in [-0.15, -0.1) is 0 Å². The summed E-state index contributed by atoms with van der Waals surface area (Å²) in [5.74, 6) is -0.0732. The molecule has 1 aromatic rings. The summed E-state index contributed by atoms with van der Waals surface area (Å²) >= 11 is 0. The first-order valence-electron chi connectivity index (χ1n) is 6.43. The molecule has 0 saturated carbocycles. The summed E-state index contributed by atoms with van der Waals surface area (Å²) in [5, 5.41) is 2.94. The van der Waals surface area contributed by atoms with Crippen molar-refractivity contribution in [3.8, 4) is 0 Å². The summed E-state index contributed by atoms with van der Waals surface area (Å²) in [6, 6.07) is 7.74. The Hall–Kier alpha value is -1.55. The van der Waals surface area contributed by atoms with Crippen LogP contribution in [0.5, 0.6) is 0 Å². The lowest BCUT2D eigenvalue weighted by atomic mass is 9.74. The molecule has 0 aliphatic carbocycles. The average molecular weight is 263 g/mol. The highest BCUT2D eigenvalue weighted by molar-refractivity contribution is 5.96. The van der Waals surface area contributed by atoms with Crippen LogP contribution < -0.4 is 16.0 Å². The summed E-state index contributed by atoms with van der Waals surface area (Å²) < 4.78 is 0. The minimum Gasteiger partial charge on any atom is -0.378 e. The van der Waals surface area contributed by atoms with Crippen LogP contribution in [0.4, 0.5) is 11.4 Å². The van der Waals surface area contributed by atoms with Crippen LogP contribution in [-0.4, -0.2) is 25.5 Å². The molecule has 0 radical (unpaired) electrons. The van der Waals surface area contributed by atoms with E-state index >= 15 is 0 Å². The molecule has 0 aromatic heterocycles. The maximum Gasteiger partial charge on any atom is 0.231 e. The third-order valence-corrected chi connectivity index (χ3v) is 3.80. The molecule has 0 unspecified atom stereocenters. The van der Waals surface area contributed by atoms with Crippen molar-refractivity contribution < 1.29 is 4.79 Å². The van der Waals surface area contributed by atoms with Gasteiger partial charge in [-0.2, -0.15) is 0 Å². The van der Waals surface area contributed by atoms with E-state index in [4.69, 9.17) is 5.73 Å². The van der Waals surface area contributed by atoms with E-state index in [1.165, 1.54) is 0 Å². The quantitative estimate of drug-likeness (QED) is 0.877. The molecule has 0 saturated heterocycles. The normalized spacial score (nSPS) is 12.2. The Morgan fingerprint density at radius 2 is 1.79 bits per heavy atom. The second-order valence-electron chi connectivity index (χ2n) is 6.25. The third kappa shape index (κ3) is 3.47. The summed E-state index contributed by atoms with van der Waals surface area (Å²) in [6.07, 6.45) is 0. The van der Waals surface area contributed by atoms with Crippen LogP contribution in [0.15, 0.2) is 24.3 Å². The number of anilines is 2. The van der Waals surface area contributed by atoms with Crippen molar-refractivity contribution in [2.75, 3.05) is 24.3 Å². The Morgan fingerprint density at radius 3 is 2.26 bits per heavy atom. The van der Waals surface area contributed by atoms with Gasteiger partial charge < -0.3 is 16.0 Å². The topological polar surface area (TPSA) is 58.4 Å². The van der Waals surface area contributed by atoms with Crippen molar-refractivity contribution in [1.82, 2.24) is 0 Å². The number of carbonyl (C=O) groups excluding carboxylic acids is 1. The number of carbonyl (C=O) groups is 1. The molecule has 1 aromatic carbocycles. The minimum absolute atomic E-state index is 0.0732. The van der Waals surface area contributed by atoms with Gasteiger partial charge in [0.15, 0.2) is 0 Å². The molecule has 0 heterocycles. The predicted octanol–water partition coefficient (Wildman–Crippen LogP) is 2.45. The molecule has 4 nitrogen and oxygen atoms in total. The molecule has 106 valence electrons. The summed E-state index contributed by atoms with van der Waals surface area (Å²) in [5.41, 5.74) is 6.67. The Kier molecular flexibility index (Phi) is 4.25. The number of hydrogen-bond acceptors (Lipinski definition) is 3. The number of nitrogens with two attached hydrogens (primary N) is 1. The van der Waals surface area contributed by atoms with Crippen LogP contribution in [0.25, 0.3) is 0 Å². The lowest BCUT2D eigenvalue weighted by Gasteiger charge is -2.36. The summed E-state index contributed by atoms with van der Waals surface area (Å²) in [4.78, 5) is 14.4. The van der Waals surface area contributed by atoms with Crippen LogP contribution >= 0.6 is 0 Å². The Labute approximate surface area is 116 Å². The zero-order valence-electron chi connectivity index (χ0n) is 12.7. The van der Waals surface area contributed by atoms with E-state index in [0.29, 0.717) is 0 Å². The molecule has 0 aliphatic rings. The first-order valence-corrected chi connectivity index (χ1v) is 6.43. The van der Waals surface area contributed by atoms with Crippen LogP contribution in [-0.2, 0) is 4.79 Å². The van der Waals surface area contributed by atoms with Gasteiger partial charge in [0.25, 0.3) is 0 Å². The minimum atomic E-state index is -0.652. The van der Waals surface area contributed by atoms with Crippen molar-refractivity contribution in [1.29, 1.82) is 0 Å². The second kappa shape index (κ2) is 5.21. The largest absolute Gasteiger partial charge is 0.378 e. The maximum atomic E-state index is 12.4. The highest BCUT2D eigenvalue weighted by Gasteiger charge is 2.40. The van der Waals surface area contributed by atoms with Gasteiger partial charge in [-0.3, -0.25) is 4.79 Å². The fraction of sp³-hybridized carbons (Fsp3) is 0.533. The molecule has 1 amide bonds. The standard InChI is InChI=1S/C15H25N3O/c1-14(2,15(3,4)16)13(19)17-11-8-7-9-12(10-11)18(5)6/h7-10H,16H2,1-6H3,(H,17,19). The monoisotopic (exact) mass is 263 g/mol. The van der Waals surface area contributed by atoms with Gasteiger partial charge in [-0.05, 0) is 45.9 Å². The number of amides is 1. The molecule has 0 spiro atoms. The van der Waals surface area contributed by atoms with E-state index in [0.717, 1.165) is 11.4 Å². The summed E-state index contributed by atoms with van der Waals surface area (Å²) in [6.45, 7) is 7.45. The number of rotatable bonds is 4. The first-order chi connectivity index (χ1) is 8.55. The van der Waals surface area contributed by atoms with E-state index in [-0.39, 0.29) is 5.91 Å². The molecule has 4 heteroatoms. The smallest absolute Gasteiger partial charge is 0.231 e.